The lowest BCUT2D eigenvalue weighted by molar-refractivity contribution is 0.0601. The van der Waals surface area contributed by atoms with Gasteiger partial charge in [-0.1, -0.05) is 37.1 Å². The van der Waals surface area contributed by atoms with E-state index in [1.807, 2.05) is 0 Å². The zero-order valence-corrected chi connectivity index (χ0v) is 14.4. The fourth-order valence-corrected chi connectivity index (χ4v) is 3.72. The van der Waals surface area contributed by atoms with Crippen LogP contribution in [-0.4, -0.2) is 23.0 Å². The fourth-order valence-electron chi connectivity index (χ4n) is 2.31. The van der Waals surface area contributed by atoms with Gasteiger partial charge in [0.05, 0.1) is 12.7 Å². The third-order valence-electron chi connectivity index (χ3n) is 3.46. The van der Waals surface area contributed by atoms with E-state index < -0.39 is 0 Å². The van der Waals surface area contributed by atoms with E-state index in [1.54, 1.807) is 35.6 Å². The predicted molar refractivity (Wildman–Crippen MR) is 93.2 cm³/mol. The highest BCUT2D eigenvalue weighted by molar-refractivity contribution is 7.18. The van der Waals surface area contributed by atoms with E-state index in [9.17, 15) is 4.79 Å². The molecule has 0 unspecified atom stereocenters. The first kappa shape index (κ1) is 15.9. The second-order valence-corrected chi connectivity index (χ2v) is 6.56. The predicted octanol–water partition coefficient (Wildman–Crippen LogP) is 4.75. The van der Waals surface area contributed by atoms with E-state index in [-0.39, 0.29) is 5.97 Å². The first-order chi connectivity index (χ1) is 11.1. The molecule has 0 N–H and O–H groups in total. The average molecular weight is 347 g/mol. The lowest BCUT2D eigenvalue weighted by Gasteiger charge is -2.03. The number of ether oxygens (including phenoxy) is 1. The summed E-state index contributed by atoms with van der Waals surface area (Å²) >= 11 is 7.96. The van der Waals surface area contributed by atoms with Crippen LogP contribution < -0.4 is 0 Å². The summed E-state index contributed by atoms with van der Waals surface area (Å²) in [6, 6.07) is 9.05. The SMILES string of the molecule is CCCc1cc2c(Cl)nc(-c3ccc(C(=O)OC)cc3)nc2s1. The molecule has 0 aliphatic rings. The molecular formula is C17H15ClN2O2S. The first-order valence-electron chi connectivity index (χ1n) is 7.27. The number of halogens is 1. The summed E-state index contributed by atoms with van der Waals surface area (Å²) in [6.45, 7) is 2.14. The topological polar surface area (TPSA) is 52.1 Å². The lowest BCUT2D eigenvalue weighted by atomic mass is 10.1. The standard InChI is InChI=1S/C17H15ClN2O2S/c1-3-4-12-9-13-14(18)19-15(20-16(13)23-12)10-5-7-11(8-6-10)17(21)22-2/h5-9H,3-4H2,1-2H3. The molecule has 0 atom stereocenters. The largest absolute Gasteiger partial charge is 0.465 e. The minimum atomic E-state index is -0.367. The molecule has 0 radical (unpaired) electrons. The molecule has 0 amide bonds. The number of nitrogens with zero attached hydrogens (tertiary/aromatic N) is 2. The molecule has 3 rings (SSSR count). The van der Waals surface area contributed by atoms with Crippen LogP contribution >= 0.6 is 22.9 Å². The van der Waals surface area contributed by atoms with E-state index in [0.717, 1.165) is 28.6 Å². The van der Waals surface area contributed by atoms with Crippen molar-refractivity contribution >= 4 is 39.1 Å². The molecule has 2 heterocycles. The summed E-state index contributed by atoms with van der Waals surface area (Å²) < 4.78 is 4.69. The Morgan fingerprint density at radius 3 is 2.65 bits per heavy atom. The first-order valence-corrected chi connectivity index (χ1v) is 8.46. The number of aromatic nitrogens is 2. The smallest absolute Gasteiger partial charge is 0.337 e. The van der Waals surface area contributed by atoms with Crippen LogP contribution in [0.4, 0.5) is 0 Å². The average Bonchev–Trinajstić information content (AvgIpc) is 2.98. The molecule has 23 heavy (non-hydrogen) atoms. The van der Waals surface area contributed by atoms with Gasteiger partial charge in [-0.15, -0.1) is 11.3 Å². The Bertz CT molecular complexity index is 859. The number of hydrogen-bond donors (Lipinski definition) is 0. The summed E-state index contributed by atoms with van der Waals surface area (Å²) in [7, 11) is 1.36. The van der Waals surface area contributed by atoms with Crippen molar-refractivity contribution < 1.29 is 9.53 Å². The molecule has 0 saturated carbocycles. The Morgan fingerprint density at radius 2 is 2.00 bits per heavy atom. The number of rotatable bonds is 4. The minimum absolute atomic E-state index is 0.367. The molecule has 1 aromatic carbocycles. The number of esters is 1. The van der Waals surface area contributed by atoms with Gasteiger partial charge in [-0.3, -0.25) is 0 Å². The Labute approximate surface area is 143 Å². The molecule has 0 spiro atoms. The second-order valence-electron chi connectivity index (χ2n) is 5.09. The fraction of sp³-hybridized carbons (Fsp3) is 0.235. The van der Waals surface area contributed by atoms with Crippen molar-refractivity contribution in [2.75, 3.05) is 7.11 Å². The van der Waals surface area contributed by atoms with Crippen LogP contribution in [0.3, 0.4) is 0 Å². The summed E-state index contributed by atoms with van der Waals surface area (Å²) in [5.41, 5.74) is 1.30. The van der Waals surface area contributed by atoms with Gasteiger partial charge in [-0.25, -0.2) is 14.8 Å². The van der Waals surface area contributed by atoms with Crippen molar-refractivity contribution in [2.45, 2.75) is 19.8 Å². The van der Waals surface area contributed by atoms with E-state index >= 15 is 0 Å². The van der Waals surface area contributed by atoms with Gasteiger partial charge in [0.1, 0.15) is 9.98 Å². The number of benzene rings is 1. The van der Waals surface area contributed by atoms with E-state index in [4.69, 9.17) is 16.3 Å². The number of aryl methyl sites for hydroxylation is 1. The summed E-state index contributed by atoms with van der Waals surface area (Å²) in [5, 5.41) is 1.36. The normalized spacial score (nSPS) is 10.9. The molecule has 118 valence electrons. The third-order valence-corrected chi connectivity index (χ3v) is 4.83. The zero-order chi connectivity index (χ0) is 16.4. The molecule has 0 fully saturated rings. The van der Waals surface area contributed by atoms with E-state index in [1.165, 1.54) is 12.0 Å². The van der Waals surface area contributed by atoms with Gasteiger partial charge >= 0.3 is 5.97 Å². The molecule has 2 aromatic heterocycles. The van der Waals surface area contributed by atoms with Gasteiger partial charge in [0, 0.05) is 15.8 Å². The highest BCUT2D eigenvalue weighted by atomic mass is 35.5. The Morgan fingerprint density at radius 1 is 1.26 bits per heavy atom. The number of carbonyl (C=O) groups excluding carboxylic acids is 1. The van der Waals surface area contributed by atoms with Crippen molar-refractivity contribution in [3.8, 4) is 11.4 Å². The van der Waals surface area contributed by atoms with Crippen LogP contribution in [0.2, 0.25) is 5.15 Å². The molecule has 6 heteroatoms. The van der Waals surface area contributed by atoms with Crippen LogP contribution in [0, 0.1) is 0 Å². The van der Waals surface area contributed by atoms with Crippen molar-refractivity contribution in [1.29, 1.82) is 0 Å². The van der Waals surface area contributed by atoms with Crippen LogP contribution in [0.15, 0.2) is 30.3 Å². The van der Waals surface area contributed by atoms with Gasteiger partial charge < -0.3 is 4.74 Å². The van der Waals surface area contributed by atoms with Crippen LogP contribution in [0.5, 0.6) is 0 Å². The number of methoxy groups -OCH3 is 1. The Hall–Kier alpha value is -1.98. The number of carbonyl (C=O) groups is 1. The van der Waals surface area contributed by atoms with Gasteiger partial charge in [0.25, 0.3) is 0 Å². The van der Waals surface area contributed by atoms with Gasteiger partial charge in [-0.2, -0.15) is 0 Å². The lowest BCUT2D eigenvalue weighted by Crippen LogP contribution is -2.00. The van der Waals surface area contributed by atoms with Crippen molar-refractivity contribution in [1.82, 2.24) is 9.97 Å². The molecule has 0 bridgehead atoms. The molecule has 0 saturated heterocycles. The Balaban J connectivity index is 2.00. The maximum atomic E-state index is 11.5. The quantitative estimate of drug-likeness (QED) is 0.505. The minimum Gasteiger partial charge on any atom is -0.465 e. The number of hydrogen-bond acceptors (Lipinski definition) is 5. The highest BCUT2D eigenvalue weighted by Gasteiger charge is 2.12. The summed E-state index contributed by atoms with van der Waals surface area (Å²) in [6.07, 6.45) is 2.10. The monoisotopic (exact) mass is 346 g/mol. The van der Waals surface area contributed by atoms with Crippen molar-refractivity contribution in [2.24, 2.45) is 0 Å². The summed E-state index contributed by atoms with van der Waals surface area (Å²) in [4.78, 5) is 22.6. The molecule has 4 nitrogen and oxygen atoms in total. The van der Waals surface area contributed by atoms with E-state index in [0.29, 0.717) is 16.5 Å². The third kappa shape index (κ3) is 3.21. The van der Waals surface area contributed by atoms with Crippen molar-refractivity contribution in [3.63, 3.8) is 0 Å². The van der Waals surface area contributed by atoms with Gasteiger partial charge in [-0.05, 0) is 24.6 Å². The maximum absolute atomic E-state index is 11.5. The van der Waals surface area contributed by atoms with Crippen molar-refractivity contribution in [3.05, 3.63) is 45.9 Å². The number of thiophene rings is 1. The highest BCUT2D eigenvalue weighted by Crippen LogP contribution is 2.31. The van der Waals surface area contributed by atoms with Crippen LogP contribution in [-0.2, 0) is 11.2 Å². The molecule has 3 aromatic rings. The van der Waals surface area contributed by atoms with Crippen LogP contribution in [0.25, 0.3) is 21.6 Å². The number of fused-ring (bicyclic) bond motifs is 1. The van der Waals surface area contributed by atoms with Crippen LogP contribution in [0.1, 0.15) is 28.6 Å². The van der Waals surface area contributed by atoms with E-state index in [2.05, 4.69) is 23.0 Å². The Kier molecular flexibility index (Phi) is 4.59. The molecule has 0 aliphatic carbocycles. The molecule has 0 aliphatic heterocycles. The molecular weight excluding hydrogens is 332 g/mol. The maximum Gasteiger partial charge on any atom is 0.337 e. The summed E-state index contributed by atoms with van der Waals surface area (Å²) in [5.74, 6) is 0.192. The second kappa shape index (κ2) is 6.64. The van der Waals surface area contributed by atoms with Gasteiger partial charge in [0.2, 0.25) is 0 Å². The zero-order valence-electron chi connectivity index (χ0n) is 12.8. The van der Waals surface area contributed by atoms with Gasteiger partial charge in [0.15, 0.2) is 5.82 Å².